The van der Waals surface area contributed by atoms with Crippen molar-refractivity contribution in [3.63, 3.8) is 0 Å². The SMILES string of the molecule is O=P(O)(O)OC[C@H]1OC[C@H](OP(=O)(O)O)[C@@H]1O. The van der Waals surface area contributed by atoms with E-state index in [-0.39, 0.29) is 6.61 Å². The van der Waals surface area contributed by atoms with E-state index in [0.717, 1.165) is 0 Å². The van der Waals surface area contributed by atoms with E-state index in [1.807, 2.05) is 0 Å². The van der Waals surface area contributed by atoms with Crippen LogP contribution in [0.15, 0.2) is 0 Å². The van der Waals surface area contributed by atoms with Crippen molar-refractivity contribution in [1.82, 2.24) is 0 Å². The van der Waals surface area contributed by atoms with Crippen LogP contribution in [0.2, 0.25) is 0 Å². The van der Waals surface area contributed by atoms with Gasteiger partial charge >= 0.3 is 15.6 Å². The highest BCUT2D eigenvalue weighted by Crippen LogP contribution is 2.41. The lowest BCUT2D eigenvalue weighted by Crippen LogP contribution is -2.34. The molecule has 102 valence electrons. The number of phosphoric acid groups is 2. The average molecular weight is 294 g/mol. The fourth-order valence-corrected chi connectivity index (χ4v) is 2.12. The van der Waals surface area contributed by atoms with Gasteiger partial charge in [0.1, 0.15) is 18.3 Å². The maximum absolute atomic E-state index is 10.5. The van der Waals surface area contributed by atoms with Gasteiger partial charge in [-0.15, -0.1) is 0 Å². The fourth-order valence-electron chi connectivity index (χ4n) is 1.24. The highest BCUT2D eigenvalue weighted by Gasteiger charge is 2.41. The van der Waals surface area contributed by atoms with Gasteiger partial charge in [0.05, 0.1) is 13.2 Å². The maximum atomic E-state index is 10.5. The van der Waals surface area contributed by atoms with Crippen LogP contribution in [0.5, 0.6) is 0 Å². The molecule has 1 heterocycles. The third-order valence-electron chi connectivity index (χ3n) is 1.92. The summed E-state index contributed by atoms with van der Waals surface area (Å²) in [7, 11) is -9.46. The molecule has 0 amide bonds. The van der Waals surface area contributed by atoms with Crippen LogP contribution in [0.25, 0.3) is 0 Å². The zero-order chi connectivity index (χ0) is 13.3. The molecular formula is C5H12O10P2. The first kappa shape index (κ1) is 15.2. The Hall–Kier alpha value is 0.140. The molecule has 0 unspecified atom stereocenters. The Bertz CT molecular complexity index is 345. The number of phosphoric ester groups is 2. The van der Waals surface area contributed by atoms with Crippen molar-refractivity contribution in [2.45, 2.75) is 18.3 Å². The van der Waals surface area contributed by atoms with E-state index in [4.69, 9.17) is 24.3 Å². The third kappa shape index (κ3) is 5.54. The lowest BCUT2D eigenvalue weighted by atomic mass is 10.2. The van der Waals surface area contributed by atoms with E-state index in [9.17, 15) is 14.2 Å². The quantitative estimate of drug-likeness (QED) is 0.370. The first-order valence-corrected chi connectivity index (χ1v) is 7.38. The van der Waals surface area contributed by atoms with Crippen LogP contribution in [-0.2, 0) is 22.9 Å². The second-order valence-electron chi connectivity index (χ2n) is 3.28. The largest absolute Gasteiger partial charge is 0.470 e. The van der Waals surface area contributed by atoms with Crippen molar-refractivity contribution < 1.29 is 47.6 Å². The summed E-state index contributed by atoms with van der Waals surface area (Å²) < 4.78 is 34.0. The molecule has 10 nitrogen and oxygen atoms in total. The van der Waals surface area contributed by atoms with Gasteiger partial charge in [0.2, 0.25) is 0 Å². The van der Waals surface area contributed by atoms with Crippen LogP contribution < -0.4 is 0 Å². The predicted molar refractivity (Wildman–Crippen MR) is 50.7 cm³/mol. The van der Waals surface area contributed by atoms with E-state index >= 15 is 0 Å². The molecule has 12 heteroatoms. The van der Waals surface area contributed by atoms with E-state index in [1.54, 1.807) is 0 Å². The van der Waals surface area contributed by atoms with Crippen LogP contribution in [0, 0.1) is 0 Å². The second-order valence-corrected chi connectivity index (χ2v) is 5.71. The first-order valence-electron chi connectivity index (χ1n) is 4.32. The normalized spacial score (nSPS) is 30.8. The van der Waals surface area contributed by atoms with Gasteiger partial charge < -0.3 is 29.4 Å². The van der Waals surface area contributed by atoms with Crippen molar-refractivity contribution in [3.8, 4) is 0 Å². The molecule has 0 spiro atoms. The number of hydrogen-bond acceptors (Lipinski definition) is 6. The second kappa shape index (κ2) is 5.41. The predicted octanol–water partition coefficient (Wildman–Crippen LogP) is -1.67. The summed E-state index contributed by atoms with van der Waals surface area (Å²) in [4.78, 5) is 33.8. The minimum absolute atomic E-state index is 0.318. The molecule has 1 rings (SSSR count). The van der Waals surface area contributed by atoms with Crippen LogP contribution >= 0.6 is 15.6 Å². The minimum Gasteiger partial charge on any atom is -0.387 e. The molecular weight excluding hydrogens is 282 g/mol. The van der Waals surface area contributed by atoms with E-state index < -0.39 is 40.6 Å². The molecule has 5 N–H and O–H groups in total. The Morgan fingerprint density at radius 3 is 2.24 bits per heavy atom. The number of hydrogen-bond donors (Lipinski definition) is 5. The number of ether oxygens (including phenoxy) is 1. The minimum atomic E-state index is -4.76. The van der Waals surface area contributed by atoms with Gasteiger partial charge in [-0.2, -0.15) is 0 Å². The fraction of sp³-hybridized carbons (Fsp3) is 1.00. The average Bonchev–Trinajstić information content (AvgIpc) is 2.41. The molecule has 0 aromatic rings. The summed E-state index contributed by atoms with van der Waals surface area (Å²) in [5, 5.41) is 9.48. The van der Waals surface area contributed by atoms with E-state index in [2.05, 4.69) is 9.05 Å². The summed E-state index contributed by atoms with van der Waals surface area (Å²) in [6, 6.07) is 0. The smallest absolute Gasteiger partial charge is 0.387 e. The molecule has 17 heavy (non-hydrogen) atoms. The summed E-state index contributed by atoms with van der Waals surface area (Å²) >= 11 is 0. The molecule has 0 aliphatic carbocycles. The first-order chi connectivity index (χ1) is 7.58. The van der Waals surface area contributed by atoms with Gasteiger partial charge in [-0.1, -0.05) is 0 Å². The lowest BCUT2D eigenvalue weighted by Gasteiger charge is -2.18. The Kier molecular flexibility index (Phi) is 4.84. The van der Waals surface area contributed by atoms with Gasteiger partial charge in [-0.05, 0) is 0 Å². The van der Waals surface area contributed by atoms with Crippen LogP contribution in [0.4, 0.5) is 0 Å². The topological polar surface area (TPSA) is 163 Å². The third-order valence-corrected chi connectivity index (χ3v) is 2.95. The molecule has 0 radical (unpaired) electrons. The zero-order valence-electron chi connectivity index (χ0n) is 8.32. The number of rotatable bonds is 5. The van der Waals surface area contributed by atoms with Gasteiger partial charge in [-0.25, -0.2) is 9.13 Å². The molecule has 1 fully saturated rings. The Morgan fingerprint density at radius 1 is 1.18 bits per heavy atom. The molecule has 0 saturated carbocycles. The van der Waals surface area contributed by atoms with E-state index in [0.29, 0.717) is 0 Å². The number of aliphatic hydroxyl groups is 1. The zero-order valence-corrected chi connectivity index (χ0v) is 10.1. The summed E-state index contributed by atoms with van der Waals surface area (Å²) in [5.74, 6) is 0. The van der Waals surface area contributed by atoms with Crippen LogP contribution in [-0.4, -0.2) is 56.2 Å². The summed E-state index contributed by atoms with van der Waals surface area (Å²) in [5.41, 5.74) is 0. The van der Waals surface area contributed by atoms with Crippen molar-refractivity contribution in [1.29, 1.82) is 0 Å². The van der Waals surface area contributed by atoms with Crippen molar-refractivity contribution >= 4 is 15.6 Å². The standard InChI is InChI=1S/C5H12O10P2/c6-5-3(2-14-16(7,8)9)13-1-4(5)15-17(10,11)12/h3-6H,1-2H2,(H2,7,8,9)(H2,10,11,12)/t3-,4+,5-/m1/s1. The van der Waals surface area contributed by atoms with Gasteiger partial charge in [0, 0.05) is 0 Å². The molecule has 1 aliphatic heterocycles. The maximum Gasteiger partial charge on any atom is 0.470 e. The molecule has 1 saturated heterocycles. The van der Waals surface area contributed by atoms with Gasteiger partial charge in [-0.3, -0.25) is 9.05 Å². The van der Waals surface area contributed by atoms with Crippen molar-refractivity contribution in [3.05, 3.63) is 0 Å². The van der Waals surface area contributed by atoms with Crippen molar-refractivity contribution in [2.24, 2.45) is 0 Å². The molecule has 0 aromatic heterocycles. The van der Waals surface area contributed by atoms with E-state index in [1.165, 1.54) is 0 Å². The molecule has 3 atom stereocenters. The Balaban J connectivity index is 2.47. The van der Waals surface area contributed by atoms with Gasteiger partial charge in [0.25, 0.3) is 0 Å². The molecule has 1 aliphatic rings. The lowest BCUT2D eigenvalue weighted by molar-refractivity contribution is -0.00611. The highest BCUT2D eigenvalue weighted by atomic mass is 31.2. The summed E-state index contributed by atoms with van der Waals surface area (Å²) in [6.07, 6.45) is -3.85. The van der Waals surface area contributed by atoms with Crippen LogP contribution in [0.3, 0.4) is 0 Å². The Labute approximate surface area is 95.6 Å². The van der Waals surface area contributed by atoms with Gasteiger partial charge in [0.15, 0.2) is 0 Å². The van der Waals surface area contributed by atoms with Crippen LogP contribution in [0.1, 0.15) is 0 Å². The number of aliphatic hydroxyl groups excluding tert-OH is 1. The van der Waals surface area contributed by atoms with Crippen molar-refractivity contribution in [2.75, 3.05) is 13.2 Å². The molecule has 0 bridgehead atoms. The Morgan fingerprint density at radius 2 is 1.76 bits per heavy atom. The highest BCUT2D eigenvalue weighted by molar-refractivity contribution is 7.46. The monoisotopic (exact) mass is 294 g/mol. The summed E-state index contributed by atoms with van der Waals surface area (Å²) in [6.45, 7) is -0.937. The molecule has 0 aromatic carbocycles.